The van der Waals surface area contributed by atoms with E-state index in [2.05, 4.69) is 19.2 Å². The van der Waals surface area contributed by atoms with Gasteiger partial charge in [-0.1, -0.05) is 13.8 Å². The number of likely N-dealkylation sites (tertiary alicyclic amines) is 1. The fourth-order valence-electron chi connectivity index (χ4n) is 3.90. The molecule has 0 aromatic heterocycles. The first-order valence-corrected chi connectivity index (χ1v) is 10.2. The molecular weight excluding hydrogens is 356 g/mol. The molecule has 2 amide bonds. The molecule has 1 heterocycles. The van der Waals surface area contributed by atoms with Crippen LogP contribution in [0.5, 0.6) is 11.5 Å². The molecule has 0 unspecified atom stereocenters. The van der Waals surface area contributed by atoms with Crippen molar-refractivity contribution in [1.29, 1.82) is 0 Å². The molecule has 2 fully saturated rings. The SMILES string of the molecule is COc1ccc(OC)c([C@H]2CN(C(=O)C3CC3)C[C@H]2C(=O)NCCC(C)C)c1. The molecule has 1 N–H and O–H groups in total. The first kappa shape index (κ1) is 20.5. The number of carbonyl (C=O) groups excluding carboxylic acids is 2. The summed E-state index contributed by atoms with van der Waals surface area (Å²) in [5.41, 5.74) is 0.928. The number of methoxy groups -OCH3 is 2. The molecule has 0 bridgehead atoms. The summed E-state index contributed by atoms with van der Waals surface area (Å²) in [4.78, 5) is 27.5. The van der Waals surface area contributed by atoms with E-state index in [1.807, 2.05) is 23.1 Å². The number of hydrogen-bond donors (Lipinski definition) is 1. The monoisotopic (exact) mass is 388 g/mol. The van der Waals surface area contributed by atoms with Gasteiger partial charge in [0.25, 0.3) is 0 Å². The van der Waals surface area contributed by atoms with Crippen LogP contribution in [0.2, 0.25) is 0 Å². The number of carbonyl (C=O) groups is 2. The predicted molar refractivity (Wildman–Crippen MR) is 108 cm³/mol. The molecule has 2 atom stereocenters. The molecule has 3 rings (SSSR count). The van der Waals surface area contributed by atoms with E-state index in [0.29, 0.717) is 25.6 Å². The molecule has 28 heavy (non-hydrogen) atoms. The zero-order valence-electron chi connectivity index (χ0n) is 17.4. The number of nitrogens with zero attached hydrogens (tertiary/aromatic N) is 1. The number of benzene rings is 1. The third kappa shape index (κ3) is 4.59. The van der Waals surface area contributed by atoms with Crippen LogP contribution in [0.25, 0.3) is 0 Å². The molecule has 1 saturated carbocycles. The molecule has 6 heteroatoms. The van der Waals surface area contributed by atoms with Crippen LogP contribution in [0, 0.1) is 17.8 Å². The van der Waals surface area contributed by atoms with E-state index in [0.717, 1.165) is 36.3 Å². The van der Waals surface area contributed by atoms with Gasteiger partial charge >= 0.3 is 0 Å². The molecule has 0 spiro atoms. The lowest BCUT2D eigenvalue weighted by molar-refractivity contribution is -0.132. The van der Waals surface area contributed by atoms with Crippen LogP contribution >= 0.6 is 0 Å². The van der Waals surface area contributed by atoms with Crippen LogP contribution in [0.4, 0.5) is 0 Å². The Hall–Kier alpha value is -2.24. The third-order valence-electron chi connectivity index (χ3n) is 5.75. The zero-order valence-corrected chi connectivity index (χ0v) is 17.4. The average molecular weight is 389 g/mol. The molecule has 2 aliphatic rings. The molecule has 1 saturated heterocycles. The van der Waals surface area contributed by atoms with E-state index in [-0.39, 0.29) is 29.6 Å². The summed E-state index contributed by atoms with van der Waals surface area (Å²) < 4.78 is 10.9. The van der Waals surface area contributed by atoms with Crippen LogP contribution < -0.4 is 14.8 Å². The van der Waals surface area contributed by atoms with Crippen LogP contribution in [0.3, 0.4) is 0 Å². The highest BCUT2D eigenvalue weighted by molar-refractivity contribution is 5.85. The zero-order chi connectivity index (χ0) is 20.3. The lowest BCUT2D eigenvalue weighted by atomic mass is 9.87. The second kappa shape index (κ2) is 8.84. The first-order chi connectivity index (χ1) is 13.4. The van der Waals surface area contributed by atoms with Crippen LogP contribution in [-0.4, -0.2) is 50.6 Å². The molecule has 6 nitrogen and oxygen atoms in total. The Morgan fingerprint density at radius 3 is 2.54 bits per heavy atom. The largest absolute Gasteiger partial charge is 0.497 e. The maximum Gasteiger partial charge on any atom is 0.225 e. The molecule has 1 aromatic rings. The predicted octanol–water partition coefficient (Wildman–Crippen LogP) is 2.82. The second-order valence-electron chi connectivity index (χ2n) is 8.31. The minimum Gasteiger partial charge on any atom is -0.497 e. The van der Waals surface area contributed by atoms with Gasteiger partial charge in [-0.05, 0) is 43.4 Å². The van der Waals surface area contributed by atoms with Gasteiger partial charge in [-0.3, -0.25) is 9.59 Å². The van der Waals surface area contributed by atoms with Crippen LogP contribution in [0.15, 0.2) is 18.2 Å². The smallest absolute Gasteiger partial charge is 0.225 e. The summed E-state index contributed by atoms with van der Waals surface area (Å²) in [5, 5.41) is 3.08. The highest BCUT2D eigenvalue weighted by atomic mass is 16.5. The Bertz CT molecular complexity index is 714. The van der Waals surface area contributed by atoms with Gasteiger partial charge in [0.05, 0.1) is 20.1 Å². The standard InChI is InChI=1S/C22H32N2O4/c1-14(2)9-10-23-21(25)19-13-24(22(26)15-5-6-15)12-18(19)17-11-16(27-3)7-8-20(17)28-4/h7-8,11,14-15,18-19H,5-6,9-10,12-13H2,1-4H3,(H,23,25)/t18-,19-/m1/s1. The lowest BCUT2D eigenvalue weighted by Crippen LogP contribution is -2.36. The number of nitrogens with one attached hydrogen (secondary N) is 1. The second-order valence-corrected chi connectivity index (χ2v) is 8.31. The van der Waals surface area contributed by atoms with E-state index in [1.165, 1.54) is 0 Å². The van der Waals surface area contributed by atoms with Crippen molar-refractivity contribution in [2.45, 2.75) is 39.0 Å². The molecule has 154 valence electrons. The number of hydrogen-bond acceptors (Lipinski definition) is 4. The van der Waals surface area contributed by atoms with Crippen molar-refractivity contribution in [3.05, 3.63) is 23.8 Å². The van der Waals surface area contributed by atoms with Crippen molar-refractivity contribution < 1.29 is 19.1 Å². The Morgan fingerprint density at radius 2 is 1.93 bits per heavy atom. The fraction of sp³-hybridized carbons (Fsp3) is 0.636. The van der Waals surface area contributed by atoms with Gasteiger partial charge in [-0.2, -0.15) is 0 Å². The molecule has 0 radical (unpaired) electrons. The van der Waals surface area contributed by atoms with Crippen molar-refractivity contribution >= 4 is 11.8 Å². The summed E-state index contributed by atoms with van der Waals surface area (Å²) in [6.45, 7) is 5.95. The van der Waals surface area contributed by atoms with Gasteiger partial charge in [0.15, 0.2) is 0 Å². The quantitative estimate of drug-likeness (QED) is 0.744. The van der Waals surface area contributed by atoms with Gasteiger partial charge in [0.2, 0.25) is 11.8 Å². The van der Waals surface area contributed by atoms with Crippen LogP contribution in [0.1, 0.15) is 44.6 Å². The maximum absolute atomic E-state index is 13.0. The van der Waals surface area contributed by atoms with Gasteiger partial charge < -0.3 is 19.7 Å². The van der Waals surface area contributed by atoms with Gasteiger partial charge in [-0.25, -0.2) is 0 Å². The highest BCUT2D eigenvalue weighted by Crippen LogP contribution is 2.41. The van der Waals surface area contributed by atoms with E-state index in [9.17, 15) is 9.59 Å². The minimum atomic E-state index is -0.282. The van der Waals surface area contributed by atoms with E-state index >= 15 is 0 Å². The van der Waals surface area contributed by atoms with Crippen molar-refractivity contribution in [2.75, 3.05) is 33.9 Å². The Balaban J connectivity index is 1.84. The van der Waals surface area contributed by atoms with Crippen molar-refractivity contribution in [3.8, 4) is 11.5 Å². The fourth-order valence-corrected chi connectivity index (χ4v) is 3.90. The highest BCUT2D eigenvalue weighted by Gasteiger charge is 2.44. The normalized spacial score (nSPS) is 21.7. The molecule has 1 aromatic carbocycles. The Labute approximate surface area is 167 Å². The van der Waals surface area contributed by atoms with Gasteiger partial charge in [0, 0.05) is 37.0 Å². The van der Waals surface area contributed by atoms with E-state index in [1.54, 1.807) is 14.2 Å². The molecule has 1 aliphatic carbocycles. The van der Waals surface area contributed by atoms with Gasteiger partial charge in [0.1, 0.15) is 11.5 Å². The van der Waals surface area contributed by atoms with Gasteiger partial charge in [-0.15, -0.1) is 0 Å². The Morgan fingerprint density at radius 1 is 1.18 bits per heavy atom. The number of ether oxygens (including phenoxy) is 2. The van der Waals surface area contributed by atoms with Crippen LogP contribution in [-0.2, 0) is 9.59 Å². The summed E-state index contributed by atoms with van der Waals surface area (Å²) in [7, 11) is 3.25. The lowest BCUT2D eigenvalue weighted by Gasteiger charge is -2.21. The van der Waals surface area contributed by atoms with Crippen molar-refractivity contribution in [3.63, 3.8) is 0 Å². The number of rotatable bonds is 8. The summed E-state index contributed by atoms with van der Waals surface area (Å²) in [6, 6.07) is 5.65. The van der Waals surface area contributed by atoms with Crippen molar-refractivity contribution in [2.24, 2.45) is 17.8 Å². The summed E-state index contributed by atoms with van der Waals surface area (Å²) in [6.07, 6.45) is 2.87. The molecular formula is C22H32N2O4. The average Bonchev–Trinajstić information content (AvgIpc) is 3.44. The minimum absolute atomic E-state index is 0.0154. The number of amides is 2. The summed E-state index contributed by atoms with van der Waals surface area (Å²) in [5.74, 6) is 1.95. The third-order valence-corrected chi connectivity index (χ3v) is 5.75. The Kier molecular flexibility index (Phi) is 6.47. The molecule has 1 aliphatic heterocycles. The van der Waals surface area contributed by atoms with E-state index < -0.39 is 0 Å². The maximum atomic E-state index is 13.0. The topological polar surface area (TPSA) is 67.9 Å². The first-order valence-electron chi connectivity index (χ1n) is 10.2. The van der Waals surface area contributed by atoms with E-state index in [4.69, 9.17) is 9.47 Å². The summed E-state index contributed by atoms with van der Waals surface area (Å²) >= 11 is 0. The van der Waals surface area contributed by atoms with Crippen molar-refractivity contribution in [1.82, 2.24) is 10.2 Å².